The third-order valence-electron chi connectivity index (χ3n) is 4.32. The molecule has 106 valence electrons. The highest BCUT2D eigenvalue weighted by Gasteiger charge is 2.53. The number of amides is 1. The van der Waals surface area contributed by atoms with Gasteiger partial charge in [-0.2, -0.15) is 11.8 Å². The maximum absolute atomic E-state index is 12.5. The smallest absolute Gasteiger partial charge is 0.319 e. The van der Waals surface area contributed by atoms with Crippen LogP contribution in [0.5, 0.6) is 0 Å². The van der Waals surface area contributed by atoms with Crippen molar-refractivity contribution in [1.82, 2.24) is 4.90 Å². The summed E-state index contributed by atoms with van der Waals surface area (Å²) in [4.78, 5) is 26.4. The van der Waals surface area contributed by atoms with Gasteiger partial charge in [-0.1, -0.05) is 6.42 Å². The van der Waals surface area contributed by atoms with Gasteiger partial charge in [-0.05, 0) is 12.8 Å². The number of fused-ring (bicyclic) bond motifs is 1. The Kier molecular flexibility index (Phi) is 3.94. The zero-order chi connectivity index (χ0) is 13.4. The molecule has 0 aromatic heterocycles. The summed E-state index contributed by atoms with van der Waals surface area (Å²) in [7, 11) is 0. The van der Waals surface area contributed by atoms with Gasteiger partial charge in [0.15, 0.2) is 0 Å². The van der Waals surface area contributed by atoms with Crippen molar-refractivity contribution in [3.05, 3.63) is 0 Å². The molecule has 4 atom stereocenters. The van der Waals surface area contributed by atoms with Crippen LogP contribution >= 0.6 is 23.4 Å². The number of esters is 1. The second kappa shape index (κ2) is 5.52. The Bertz CT molecular complexity index is 386. The fraction of sp³-hybridized carbons (Fsp3) is 0.846. The Morgan fingerprint density at radius 1 is 1.32 bits per heavy atom. The van der Waals surface area contributed by atoms with Gasteiger partial charge in [0, 0.05) is 30.5 Å². The van der Waals surface area contributed by atoms with Crippen LogP contribution in [0.2, 0.25) is 0 Å². The van der Waals surface area contributed by atoms with Crippen molar-refractivity contribution in [2.75, 3.05) is 24.6 Å². The highest BCUT2D eigenvalue weighted by molar-refractivity contribution is 7.99. The van der Waals surface area contributed by atoms with Gasteiger partial charge >= 0.3 is 5.97 Å². The Labute approximate surface area is 122 Å². The summed E-state index contributed by atoms with van der Waals surface area (Å²) in [6.45, 7) is 1.49. The van der Waals surface area contributed by atoms with Gasteiger partial charge in [0.2, 0.25) is 5.91 Å². The van der Waals surface area contributed by atoms with Crippen molar-refractivity contribution in [3.8, 4) is 0 Å². The van der Waals surface area contributed by atoms with Gasteiger partial charge in [0.1, 0.15) is 12.0 Å². The lowest BCUT2D eigenvalue weighted by Crippen LogP contribution is -2.45. The van der Waals surface area contributed by atoms with Crippen LogP contribution in [0, 0.1) is 11.8 Å². The van der Waals surface area contributed by atoms with Crippen LogP contribution in [0.15, 0.2) is 0 Å². The summed E-state index contributed by atoms with van der Waals surface area (Å²) in [5.74, 6) is 0.911. The van der Waals surface area contributed by atoms with E-state index in [1.807, 2.05) is 16.7 Å². The summed E-state index contributed by atoms with van der Waals surface area (Å²) >= 11 is 8.08. The number of carbonyl (C=O) groups excluding carboxylic acids is 2. The van der Waals surface area contributed by atoms with E-state index in [0.717, 1.165) is 43.9 Å². The van der Waals surface area contributed by atoms with E-state index in [1.165, 1.54) is 0 Å². The number of thioether (sulfide) groups is 1. The van der Waals surface area contributed by atoms with Gasteiger partial charge in [-0.3, -0.25) is 9.59 Å². The minimum atomic E-state index is -0.602. The van der Waals surface area contributed by atoms with E-state index in [0.29, 0.717) is 0 Å². The molecule has 0 bridgehead atoms. The molecule has 2 aliphatic heterocycles. The molecule has 1 aliphatic carbocycles. The minimum absolute atomic E-state index is 0.00849. The van der Waals surface area contributed by atoms with E-state index in [4.69, 9.17) is 16.3 Å². The molecular weight excluding hydrogens is 286 g/mol. The van der Waals surface area contributed by atoms with Gasteiger partial charge in [0.05, 0.1) is 5.38 Å². The molecule has 0 spiro atoms. The van der Waals surface area contributed by atoms with Crippen LogP contribution in [-0.2, 0) is 14.3 Å². The lowest BCUT2D eigenvalue weighted by molar-refractivity contribution is -0.150. The van der Waals surface area contributed by atoms with Crippen LogP contribution in [-0.4, -0.2) is 52.9 Å². The maximum Gasteiger partial charge on any atom is 0.319 e. The van der Waals surface area contributed by atoms with Crippen molar-refractivity contribution in [2.24, 2.45) is 11.8 Å². The second-order valence-electron chi connectivity index (χ2n) is 5.43. The van der Waals surface area contributed by atoms with E-state index < -0.39 is 5.92 Å². The fourth-order valence-electron chi connectivity index (χ4n) is 3.31. The monoisotopic (exact) mass is 303 g/mol. The third-order valence-corrected chi connectivity index (χ3v) is 5.73. The number of halogens is 1. The molecule has 3 fully saturated rings. The molecule has 0 N–H and O–H groups in total. The predicted molar refractivity (Wildman–Crippen MR) is 74.3 cm³/mol. The first kappa shape index (κ1) is 13.6. The van der Waals surface area contributed by atoms with Gasteiger partial charge in [-0.25, -0.2) is 0 Å². The lowest BCUT2D eigenvalue weighted by atomic mass is 9.79. The van der Waals surface area contributed by atoms with Gasteiger partial charge in [0.25, 0.3) is 0 Å². The van der Waals surface area contributed by atoms with Crippen molar-refractivity contribution in [3.63, 3.8) is 0 Å². The van der Waals surface area contributed by atoms with E-state index in [2.05, 4.69) is 0 Å². The molecule has 4 unspecified atom stereocenters. The Hall–Kier alpha value is -0.420. The Morgan fingerprint density at radius 2 is 2.05 bits per heavy atom. The summed E-state index contributed by atoms with van der Waals surface area (Å²) in [6.07, 6.45) is 2.47. The zero-order valence-corrected chi connectivity index (χ0v) is 12.3. The Balaban J connectivity index is 1.75. The molecule has 6 heteroatoms. The second-order valence-corrected chi connectivity index (χ2v) is 7.21. The normalized spacial score (nSPS) is 38.8. The van der Waals surface area contributed by atoms with Crippen LogP contribution < -0.4 is 0 Å². The van der Waals surface area contributed by atoms with Crippen LogP contribution in [0.25, 0.3) is 0 Å². The third kappa shape index (κ3) is 2.47. The summed E-state index contributed by atoms with van der Waals surface area (Å²) < 4.78 is 5.38. The molecule has 0 aromatic carbocycles. The summed E-state index contributed by atoms with van der Waals surface area (Å²) in [5.41, 5.74) is 0. The first-order valence-electron chi connectivity index (χ1n) is 6.89. The summed E-state index contributed by atoms with van der Waals surface area (Å²) in [5, 5.41) is -0.127. The molecule has 1 saturated carbocycles. The van der Waals surface area contributed by atoms with Crippen molar-refractivity contribution >= 4 is 35.2 Å². The average Bonchev–Trinajstić information content (AvgIpc) is 2.77. The Morgan fingerprint density at radius 3 is 2.79 bits per heavy atom. The van der Waals surface area contributed by atoms with Crippen molar-refractivity contribution < 1.29 is 14.3 Å². The molecule has 3 aliphatic rings. The maximum atomic E-state index is 12.5. The number of hydrogen-bond acceptors (Lipinski definition) is 4. The van der Waals surface area contributed by atoms with Crippen LogP contribution in [0.4, 0.5) is 0 Å². The summed E-state index contributed by atoms with van der Waals surface area (Å²) in [6, 6.07) is 0. The topological polar surface area (TPSA) is 46.6 Å². The molecule has 4 nitrogen and oxygen atoms in total. The predicted octanol–water partition coefficient (Wildman–Crippen LogP) is 1.51. The first-order chi connectivity index (χ1) is 9.18. The molecule has 0 aromatic rings. The number of carbonyl (C=O) groups is 2. The molecule has 19 heavy (non-hydrogen) atoms. The van der Waals surface area contributed by atoms with Gasteiger partial charge < -0.3 is 9.64 Å². The minimum Gasteiger partial charge on any atom is -0.460 e. The number of hydrogen-bond donors (Lipinski definition) is 0. The quantitative estimate of drug-likeness (QED) is 0.418. The molecule has 1 amide bonds. The fourth-order valence-corrected chi connectivity index (χ4v) is 4.61. The lowest BCUT2D eigenvalue weighted by Gasteiger charge is -2.32. The standard InChI is InChI=1S/C13H18ClNO3S/c14-9-3-1-2-8-10(13(17)18-11(8)9)12(16)15-4-6-19-7-5-15/h8-11H,1-7H2. The average molecular weight is 304 g/mol. The van der Waals surface area contributed by atoms with Crippen molar-refractivity contribution in [1.29, 1.82) is 0 Å². The largest absolute Gasteiger partial charge is 0.460 e. The van der Waals surface area contributed by atoms with E-state index in [1.54, 1.807) is 0 Å². The molecule has 2 heterocycles. The molecular formula is C13H18ClNO3S. The van der Waals surface area contributed by atoms with Gasteiger partial charge in [-0.15, -0.1) is 11.6 Å². The number of rotatable bonds is 1. The van der Waals surface area contributed by atoms with E-state index >= 15 is 0 Å². The number of alkyl halides is 1. The molecule has 0 radical (unpaired) electrons. The molecule has 2 saturated heterocycles. The van der Waals surface area contributed by atoms with Crippen LogP contribution in [0.3, 0.4) is 0 Å². The highest BCUT2D eigenvalue weighted by Crippen LogP contribution is 2.41. The van der Waals surface area contributed by atoms with E-state index in [9.17, 15) is 9.59 Å². The highest BCUT2D eigenvalue weighted by atomic mass is 35.5. The first-order valence-corrected chi connectivity index (χ1v) is 8.48. The van der Waals surface area contributed by atoms with Crippen LogP contribution in [0.1, 0.15) is 19.3 Å². The zero-order valence-electron chi connectivity index (χ0n) is 10.7. The SMILES string of the molecule is O=C1OC2C(Cl)CCCC2C1C(=O)N1CCSCC1. The number of ether oxygens (including phenoxy) is 1. The molecule has 3 rings (SSSR count). The van der Waals surface area contributed by atoms with Crippen molar-refractivity contribution in [2.45, 2.75) is 30.7 Å². The van der Waals surface area contributed by atoms with E-state index in [-0.39, 0.29) is 29.3 Å². The number of nitrogens with zero attached hydrogens (tertiary/aromatic N) is 1.